The minimum absolute atomic E-state index is 0.185. The molecule has 1 fully saturated rings. The van der Waals surface area contributed by atoms with Crippen LogP contribution in [0.25, 0.3) is 0 Å². The van der Waals surface area contributed by atoms with Crippen molar-refractivity contribution >= 4 is 11.4 Å². The van der Waals surface area contributed by atoms with Crippen molar-refractivity contribution in [3.05, 3.63) is 54.6 Å². The molecule has 0 spiro atoms. The van der Waals surface area contributed by atoms with Crippen molar-refractivity contribution in [1.29, 1.82) is 0 Å². The molecule has 1 heterocycles. The van der Waals surface area contributed by atoms with Crippen LogP contribution in [0.3, 0.4) is 0 Å². The van der Waals surface area contributed by atoms with Crippen molar-refractivity contribution in [2.24, 2.45) is 0 Å². The zero-order chi connectivity index (χ0) is 17.9. The van der Waals surface area contributed by atoms with Crippen LogP contribution in [0, 0.1) is 0 Å². The summed E-state index contributed by atoms with van der Waals surface area (Å²) in [4.78, 5) is 4.50. The van der Waals surface area contributed by atoms with Crippen molar-refractivity contribution in [3.63, 3.8) is 0 Å². The lowest BCUT2D eigenvalue weighted by Gasteiger charge is -2.39. The molecule has 0 atom stereocenters. The molecule has 0 bridgehead atoms. The Morgan fingerprint density at radius 3 is 2.12 bits per heavy atom. The standard InChI is InChI=1S/C19H21F3N2O/c1-23(15-5-3-2-4-6-15)16-11-13-24(14-12-16)17-7-9-18(10-8-17)25-19(20,21)22/h2-10,16H,11-14H2,1H3. The number of alkyl halides is 3. The summed E-state index contributed by atoms with van der Waals surface area (Å²) in [6, 6.07) is 16.8. The highest BCUT2D eigenvalue weighted by Gasteiger charge is 2.31. The molecule has 0 amide bonds. The van der Waals surface area contributed by atoms with Crippen LogP contribution in [-0.4, -0.2) is 32.5 Å². The molecule has 6 heteroatoms. The van der Waals surface area contributed by atoms with E-state index in [1.807, 2.05) is 18.2 Å². The average molecular weight is 350 g/mol. The number of hydrogen-bond acceptors (Lipinski definition) is 3. The van der Waals surface area contributed by atoms with E-state index in [9.17, 15) is 13.2 Å². The number of anilines is 2. The molecular formula is C19H21F3N2O. The fraction of sp³-hybridized carbons (Fsp3) is 0.368. The average Bonchev–Trinajstić information content (AvgIpc) is 2.61. The highest BCUT2D eigenvalue weighted by molar-refractivity contribution is 5.50. The van der Waals surface area contributed by atoms with E-state index in [0.29, 0.717) is 6.04 Å². The van der Waals surface area contributed by atoms with Gasteiger partial charge in [-0.3, -0.25) is 0 Å². The van der Waals surface area contributed by atoms with Crippen LogP contribution in [0.1, 0.15) is 12.8 Å². The minimum Gasteiger partial charge on any atom is -0.406 e. The lowest BCUT2D eigenvalue weighted by atomic mass is 10.0. The zero-order valence-corrected chi connectivity index (χ0v) is 14.0. The van der Waals surface area contributed by atoms with Gasteiger partial charge in [0.2, 0.25) is 0 Å². The van der Waals surface area contributed by atoms with E-state index in [-0.39, 0.29) is 5.75 Å². The van der Waals surface area contributed by atoms with Crippen LogP contribution in [0.5, 0.6) is 5.75 Å². The maximum absolute atomic E-state index is 12.2. The van der Waals surface area contributed by atoms with Gasteiger partial charge in [-0.25, -0.2) is 0 Å². The molecule has 0 radical (unpaired) electrons. The molecular weight excluding hydrogens is 329 g/mol. The first-order valence-electron chi connectivity index (χ1n) is 8.31. The molecule has 0 unspecified atom stereocenters. The second-order valence-electron chi connectivity index (χ2n) is 6.21. The SMILES string of the molecule is CN(c1ccccc1)C1CCN(c2ccc(OC(F)(F)F)cc2)CC1. The number of para-hydroxylation sites is 1. The van der Waals surface area contributed by atoms with Gasteiger partial charge in [0.05, 0.1) is 0 Å². The molecule has 0 N–H and O–H groups in total. The third-order valence-corrected chi connectivity index (χ3v) is 4.61. The second-order valence-corrected chi connectivity index (χ2v) is 6.21. The van der Waals surface area contributed by atoms with E-state index in [1.165, 1.54) is 17.8 Å². The second kappa shape index (κ2) is 7.25. The van der Waals surface area contributed by atoms with Gasteiger partial charge in [-0.2, -0.15) is 0 Å². The monoisotopic (exact) mass is 350 g/mol. The number of halogens is 3. The Kier molecular flexibility index (Phi) is 5.06. The number of piperidine rings is 1. The van der Waals surface area contributed by atoms with Crippen LogP contribution in [0.2, 0.25) is 0 Å². The number of rotatable bonds is 4. The molecule has 1 aliphatic heterocycles. The number of nitrogens with zero attached hydrogens (tertiary/aromatic N) is 2. The van der Waals surface area contributed by atoms with E-state index < -0.39 is 6.36 Å². The fourth-order valence-electron chi connectivity index (χ4n) is 3.24. The van der Waals surface area contributed by atoms with Gasteiger partial charge in [0.25, 0.3) is 0 Å². The van der Waals surface area contributed by atoms with Crippen molar-refractivity contribution in [2.45, 2.75) is 25.2 Å². The van der Waals surface area contributed by atoms with E-state index in [2.05, 4.69) is 33.7 Å². The lowest BCUT2D eigenvalue weighted by molar-refractivity contribution is -0.274. The Labute approximate surface area is 145 Å². The maximum atomic E-state index is 12.2. The Bertz CT molecular complexity index is 665. The first-order valence-corrected chi connectivity index (χ1v) is 8.31. The van der Waals surface area contributed by atoms with Gasteiger partial charge < -0.3 is 14.5 Å². The summed E-state index contributed by atoms with van der Waals surface area (Å²) in [7, 11) is 2.11. The fourth-order valence-corrected chi connectivity index (χ4v) is 3.24. The molecule has 3 rings (SSSR count). The normalized spacial score (nSPS) is 15.9. The zero-order valence-electron chi connectivity index (χ0n) is 14.0. The Morgan fingerprint density at radius 2 is 1.56 bits per heavy atom. The Morgan fingerprint density at radius 1 is 0.960 bits per heavy atom. The summed E-state index contributed by atoms with van der Waals surface area (Å²) in [5.41, 5.74) is 2.13. The van der Waals surface area contributed by atoms with Gasteiger partial charge in [-0.15, -0.1) is 13.2 Å². The molecule has 0 aromatic heterocycles. The molecule has 1 aliphatic rings. The molecule has 134 valence electrons. The van der Waals surface area contributed by atoms with Crippen LogP contribution >= 0.6 is 0 Å². The van der Waals surface area contributed by atoms with Gasteiger partial charge in [0.15, 0.2) is 0 Å². The Hall–Kier alpha value is -2.37. The molecule has 3 nitrogen and oxygen atoms in total. The lowest BCUT2D eigenvalue weighted by Crippen LogP contribution is -2.43. The highest BCUT2D eigenvalue weighted by Crippen LogP contribution is 2.28. The van der Waals surface area contributed by atoms with Crippen molar-refractivity contribution in [2.75, 3.05) is 29.9 Å². The molecule has 1 saturated heterocycles. The summed E-state index contributed by atoms with van der Waals surface area (Å²) in [6.45, 7) is 1.75. The van der Waals surface area contributed by atoms with E-state index in [4.69, 9.17) is 0 Å². The summed E-state index contributed by atoms with van der Waals surface area (Å²) in [5.74, 6) is -0.185. The molecule has 0 saturated carbocycles. The molecule has 2 aromatic carbocycles. The first kappa shape index (κ1) is 17.5. The van der Waals surface area contributed by atoms with E-state index >= 15 is 0 Å². The van der Waals surface area contributed by atoms with Crippen LogP contribution < -0.4 is 14.5 Å². The minimum atomic E-state index is -4.65. The van der Waals surface area contributed by atoms with E-state index in [0.717, 1.165) is 31.6 Å². The summed E-state index contributed by atoms with van der Waals surface area (Å²) < 4.78 is 40.6. The third-order valence-electron chi connectivity index (χ3n) is 4.61. The van der Waals surface area contributed by atoms with Gasteiger partial charge >= 0.3 is 6.36 Å². The number of benzene rings is 2. The van der Waals surface area contributed by atoms with Gasteiger partial charge in [0.1, 0.15) is 5.75 Å². The van der Waals surface area contributed by atoms with Crippen molar-refractivity contribution in [3.8, 4) is 5.75 Å². The first-order chi connectivity index (χ1) is 11.9. The number of hydrogen-bond donors (Lipinski definition) is 0. The predicted molar refractivity (Wildman–Crippen MR) is 93.2 cm³/mol. The van der Waals surface area contributed by atoms with E-state index in [1.54, 1.807) is 12.1 Å². The predicted octanol–water partition coefficient (Wildman–Crippen LogP) is 4.69. The summed E-state index contributed by atoms with van der Waals surface area (Å²) in [5, 5.41) is 0. The topological polar surface area (TPSA) is 15.7 Å². The van der Waals surface area contributed by atoms with Gasteiger partial charge in [0, 0.05) is 37.6 Å². The molecule has 25 heavy (non-hydrogen) atoms. The Balaban J connectivity index is 1.57. The van der Waals surface area contributed by atoms with Gasteiger partial charge in [-0.1, -0.05) is 18.2 Å². The largest absolute Gasteiger partial charge is 0.573 e. The molecule has 0 aliphatic carbocycles. The quantitative estimate of drug-likeness (QED) is 0.796. The third kappa shape index (κ3) is 4.59. The van der Waals surface area contributed by atoms with Crippen molar-refractivity contribution in [1.82, 2.24) is 0 Å². The summed E-state index contributed by atoms with van der Waals surface area (Å²) in [6.07, 6.45) is -2.64. The smallest absolute Gasteiger partial charge is 0.406 e. The van der Waals surface area contributed by atoms with Crippen LogP contribution in [0.15, 0.2) is 54.6 Å². The van der Waals surface area contributed by atoms with Crippen molar-refractivity contribution < 1.29 is 17.9 Å². The van der Waals surface area contributed by atoms with Crippen LogP contribution in [0.4, 0.5) is 24.5 Å². The van der Waals surface area contributed by atoms with Crippen LogP contribution in [-0.2, 0) is 0 Å². The number of ether oxygens (including phenoxy) is 1. The maximum Gasteiger partial charge on any atom is 0.573 e. The van der Waals surface area contributed by atoms with Gasteiger partial charge in [-0.05, 0) is 49.2 Å². The highest BCUT2D eigenvalue weighted by atomic mass is 19.4. The summed E-state index contributed by atoms with van der Waals surface area (Å²) >= 11 is 0. The molecule has 2 aromatic rings.